The first kappa shape index (κ1) is 21.6. The number of hydrogen-bond donors (Lipinski definition) is 1. The standard InChI is InChI=1S/C27H30O3/c1-19-12-6-9-15-22(19)26(3,4)18-27(5,23-16-10-7-13-20(23)2)30-24-17-11-8-14-21(24)25(28)29/h6-17H,18H2,1-5H3,(H,28,29). The van der Waals surface area contributed by atoms with E-state index in [0.29, 0.717) is 12.2 Å². The average Bonchev–Trinajstić information content (AvgIpc) is 2.68. The highest BCUT2D eigenvalue weighted by Crippen LogP contribution is 2.43. The van der Waals surface area contributed by atoms with E-state index in [1.165, 1.54) is 11.1 Å². The van der Waals surface area contributed by atoms with Crippen LogP contribution in [-0.2, 0) is 11.0 Å². The van der Waals surface area contributed by atoms with E-state index >= 15 is 0 Å². The number of benzene rings is 3. The summed E-state index contributed by atoms with van der Waals surface area (Å²) < 4.78 is 6.58. The Morgan fingerprint density at radius 1 is 0.800 bits per heavy atom. The van der Waals surface area contributed by atoms with E-state index in [-0.39, 0.29) is 11.0 Å². The highest BCUT2D eigenvalue weighted by Gasteiger charge is 2.39. The summed E-state index contributed by atoms with van der Waals surface area (Å²) in [5, 5.41) is 9.65. The number of carboxylic acids is 1. The molecule has 1 N–H and O–H groups in total. The van der Waals surface area contributed by atoms with E-state index < -0.39 is 11.6 Å². The summed E-state index contributed by atoms with van der Waals surface area (Å²) in [6, 6.07) is 23.4. The van der Waals surface area contributed by atoms with Gasteiger partial charge in [0.15, 0.2) is 0 Å². The Labute approximate surface area is 179 Å². The van der Waals surface area contributed by atoms with Crippen LogP contribution in [0.2, 0.25) is 0 Å². The maximum Gasteiger partial charge on any atom is 0.339 e. The van der Waals surface area contributed by atoms with Gasteiger partial charge in [0, 0.05) is 6.42 Å². The number of aromatic carboxylic acids is 1. The van der Waals surface area contributed by atoms with Crippen LogP contribution in [0, 0.1) is 13.8 Å². The number of ether oxygens (including phenoxy) is 1. The fourth-order valence-electron chi connectivity index (χ4n) is 4.60. The van der Waals surface area contributed by atoms with Crippen molar-refractivity contribution < 1.29 is 14.6 Å². The van der Waals surface area contributed by atoms with Gasteiger partial charge in [-0.3, -0.25) is 0 Å². The van der Waals surface area contributed by atoms with Gasteiger partial charge in [0.25, 0.3) is 0 Å². The Morgan fingerprint density at radius 3 is 1.87 bits per heavy atom. The first-order valence-corrected chi connectivity index (χ1v) is 10.3. The molecule has 3 rings (SSSR count). The van der Waals surface area contributed by atoms with Crippen LogP contribution in [0.1, 0.15) is 59.8 Å². The lowest BCUT2D eigenvalue weighted by molar-refractivity contribution is 0.0498. The molecule has 1 unspecified atom stereocenters. The van der Waals surface area contributed by atoms with Crippen LogP contribution in [0.3, 0.4) is 0 Å². The second kappa shape index (κ2) is 8.35. The lowest BCUT2D eigenvalue weighted by atomic mass is 9.71. The van der Waals surface area contributed by atoms with Crippen molar-refractivity contribution in [3.63, 3.8) is 0 Å². The third kappa shape index (κ3) is 4.40. The molecule has 0 bridgehead atoms. The van der Waals surface area contributed by atoms with Gasteiger partial charge in [-0.15, -0.1) is 0 Å². The van der Waals surface area contributed by atoms with Gasteiger partial charge in [-0.25, -0.2) is 4.79 Å². The lowest BCUT2D eigenvalue weighted by Gasteiger charge is -2.40. The van der Waals surface area contributed by atoms with E-state index in [9.17, 15) is 9.90 Å². The van der Waals surface area contributed by atoms with Crippen LogP contribution in [0.5, 0.6) is 5.75 Å². The molecule has 0 aliphatic heterocycles. The molecular formula is C27H30O3. The fourth-order valence-corrected chi connectivity index (χ4v) is 4.60. The summed E-state index contributed by atoms with van der Waals surface area (Å²) in [5.74, 6) is -0.604. The van der Waals surface area contributed by atoms with Crippen LogP contribution in [-0.4, -0.2) is 11.1 Å². The molecule has 0 fully saturated rings. The molecule has 0 spiro atoms. The Balaban J connectivity index is 2.11. The van der Waals surface area contributed by atoms with E-state index in [2.05, 4.69) is 71.0 Å². The first-order valence-electron chi connectivity index (χ1n) is 10.3. The van der Waals surface area contributed by atoms with E-state index in [1.54, 1.807) is 18.2 Å². The van der Waals surface area contributed by atoms with Crippen LogP contribution >= 0.6 is 0 Å². The van der Waals surface area contributed by atoms with Crippen molar-refractivity contribution in [1.29, 1.82) is 0 Å². The van der Waals surface area contributed by atoms with E-state index in [1.807, 2.05) is 18.2 Å². The molecule has 3 heteroatoms. The molecule has 3 aromatic rings. The number of rotatable bonds is 7. The predicted molar refractivity (Wildman–Crippen MR) is 121 cm³/mol. The molecule has 0 radical (unpaired) electrons. The summed E-state index contributed by atoms with van der Waals surface area (Å²) in [6.07, 6.45) is 0.684. The Bertz CT molecular complexity index is 1050. The first-order chi connectivity index (χ1) is 14.1. The normalized spacial score (nSPS) is 13.5. The van der Waals surface area contributed by atoms with E-state index in [4.69, 9.17) is 4.74 Å². The molecule has 156 valence electrons. The van der Waals surface area contributed by atoms with Gasteiger partial charge >= 0.3 is 5.97 Å². The summed E-state index contributed by atoms with van der Waals surface area (Å²) in [6.45, 7) is 10.7. The zero-order chi connectivity index (χ0) is 21.9. The lowest BCUT2D eigenvalue weighted by Crippen LogP contribution is -2.38. The number of para-hydroxylation sites is 1. The minimum absolute atomic E-state index is 0.172. The molecule has 30 heavy (non-hydrogen) atoms. The van der Waals surface area contributed by atoms with Crippen molar-refractivity contribution in [2.45, 2.75) is 52.1 Å². The largest absolute Gasteiger partial charge is 0.482 e. The maximum atomic E-state index is 11.8. The summed E-state index contributed by atoms with van der Waals surface area (Å²) in [5.41, 5.74) is 3.94. The van der Waals surface area contributed by atoms with Gasteiger partial charge in [-0.05, 0) is 60.6 Å². The summed E-state index contributed by atoms with van der Waals surface area (Å²) >= 11 is 0. The van der Waals surface area contributed by atoms with Crippen LogP contribution in [0.4, 0.5) is 0 Å². The zero-order valence-electron chi connectivity index (χ0n) is 18.4. The molecule has 0 aromatic heterocycles. The monoisotopic (exact) mass is 402 g/mol. The second-order valence-corrected chi connectivity index (χ2v) is 8.82. The van der Waals surface area contributed by atoms with Crippen molar-refractivity contribution in [2.24, 2.45) is 0 Å². The topological polar surface area (TPSA) is 46.5 Å². The summed E-state index contributed by atoms with van der Waals surface area (Å²) in [7, 11) is 0. The van der Waals surface area contributed by atoms with Gasteiger partial charge < -0.3 is 9.84 Å². The SMILES string of the molecule is Cc1ccccc1C(C)(C)CC(C)(Oc1ccccc1C(=O)O)c1ccccc1C. The number of carbonyl (C=O) groups is 1. The summed E-state index contributed by atoms with van der Waals surface area (Å²) in [4.78, 5) is 11.8. The van der Waals surface area contributed by atoms with Crippen LogP contribution in [0.25, 0.3) is 0 Å². The highest BCUT2D eigenvalue weighted by atomic mass is 16.5. The van der Waals surface area contributed by atoms with Crippen molar-refractivity contribution in [2.75, 3.05) is 0 Å². The van der Waals surface area contributed by atoms with Gasteiger partial charge in [-0.2, -0.15) is 0 Å². The predicted octanol–water partition coefficient (Wildman–Crippen LogP) is 6.66. The smallest absolute Gasteiger partial charge is 0.339 e. The van der Waals surface area contributed by atoms with E-state index in [0.717, 1.165) is 11.1 Å². The molecular weight excluding hydrogens is 372 g/mol. The van der Waals surface area contributed by atoms with Gasteiger partial charge in [0.2, 0.25) is 0 Å². The molecule has 3 aromatic carbocycles. The molecule has 0 amide bonds. The van der Waals surface area contributed by atoms with Crippen molar-refractivity contribution in [1.82, 2.24) is 0 Å². The Morgan fingerprint density at radius 2 is 1.30 bits per heavy atom. The maximum absolute atomic E-state index is 11.8. The Hall–Kier alpha value is -3.07. The number of aryl methyl sites for hydroxylation is 2. The average molecular weight is 403 g/mol. The number of carboxylic acid groups (broad SMARTS) is 1. The third-order valence-corrected chi connectivity index (χ3v) is 5.82. The Kier molecular flexibility index (Phi) is 6.02. The quantitative estimate of drug-likeness (QED) is 0.480. The fraction of sp³-hybridized carbons (Fsp3) is 0.296. The van der Waals surface area contributed by atoms with Crippen molar-refractivity contribution in [3.05, 3.63) is 101 Å². The third-order valence-electron chi connectivity index (χ3n) is 5.82. The van der Waals surface area contributed by atoms with Crippen molar-refractivity contribution in [3.8, 4) is 5.75 Å². The number of hydrogen-bond acceptors (Lipinski definition) is 2. The molecule has 3 nitrogen and oxygen atoms in total. The molecule has 1 atom stereocenters. The zero-order valence-corrected chi connectivity index (χ0v) is 18.4. The molecule has 0 aliphatic rings. The van der Waals surface area contributed by atoms with Gasteiger partial charge in [0.1, 0.15) is 16.9 Å². The minimum Gasteiger partial charge on any atom is -0.482 e. The molecule has 0 saturated carbocycles. The molecule has 0 aliphatic carbocycles. The van der Waals surface area contributed by atoms with Crippen LogP contribution < -0.4 is 4.74 Å². The molecule has 0 saturated heterocycles. The van der Waals surface area contributed by atoms with Gasteiger partial charge in [0.05, 0.1) is 0 Å². The molecule has 0 heterocycles. The van der Waals surface area contributed by atoms with Crippen molar-refractivity contribution >= 4 is 5.97 Å². The highest BCUT2D eigenvalue weighted by molar-refractivity contribution is 5.90. The minimum atomic E-state index is -0.990. The van der Waals surface area contributed by atoms with Crippen LogP contribution in [0.15, 0.2) is 72.8 Å². The van der Waals surface area contributed by atoms with Gasteiger partial charge in [-0.1, -0.05) is 74.5 Å². The second-order valence-electron chi connectivity index (χ2n) is 8.82.